The maximum atomic E-state index is 11.3. The second-order valence-corrected chi connectivity index (χ2v) is 5.32. The smallest absolute Gasteiger partial charge is 0.358 e. The number of aromatic nitrogens is 5. The Bertz CT molecular complexity index is 781. The maximum Gasteiger partial charge on any atom is 0.358 e. The molecule has 106 valence electrons. The molecule has 7 nitrogen and oxygen atoms in total. The highest BCUT2D eigenvalue weighted by Gasteiger charge is 2.21. The van der Waals surface area contributed by atoms with Gasteiger partial charge in [-0.1, -0.05) is 5.21 Å². The van der Waals surface area contributed by atoms with Crippen LogP contribution in [0.2, 0.25) is 0 Å². The molecule has 0 aromatic carbocycles. The van der Waals surface area contributed by atoms with Crippen molar-refractivity contribution in [3.8, 4) is 11.3 Å². The van der Waals surface area contributed by atoms with Crippen LogP contribution in [0.25, 0.3) is 11.3 Å². The first-order valence-electron chi connectivity index (χ1n) is 6.13. The molecule has 0 amide bonds. The van der Waals surface area contributed by atoms with Crippen LogP contribution < -0.4 is 0 Å². The summed E-state index contributed by atoms with van der Waals surface area (Å²) in [6.07, 6.45) is 3.22. The van der Waals surface area contributed by atoms with Crippen molar-refractivity contribution >= 4 is 17.3 Å². The number of pyridine rings is 1. The molecule has 0 bridgehead atoms. The molecule has 1 N–H and O–H groups in total. The average molecular weight is 301 g/mol. The highest BCUT2D eigenvalue weighted by Crippen LogP contribution is 2.23. The van der Waals surface area contributed by atoms with Gasteiger partial charge in [-0.2, -0.15) is 0 Å². The van der Waals surface area contributed by atoms with Crippen molar-refractivity contribution in [2.75, 3.05) is 0 Å². The van der Waals surface area contributed by atoms with Gasteiger partial charge in [-0.15, -0.1) is 16.4 Å². The molecule has 8 heteroatoms. The number of carboxylic acid groups (broad SMARTS) is 1. The first-order chi connectivity index (χ1) is 10.1. The highest BCUT2D eigenvalue weighted by atomic mass is 32.1. The fraction of sp³-hybridized carbons (Fsp3) is 0.154. The van der Waals surface area contributed by atoms with E-state index in [-0.39, 0.29) is 5.69 Å². The fourth-order valence-corrected chi connectivity index (χ4v) is 2.71. The Morgan fingerprint density at radius 3 is 2.95 bits per heavy atom. The molecule has 0 atom stereocenters. The van der Waals surface area contributed by atoms with Gasteiger partial charge < -0.3 is 5.11 Å². The molecule has 0 unspecified atom stereocenters. The number of nitrogens with zero attached hydrogens (tertiary/aromatic N) is 5. The molecule has 21 heavy (non-hydrogen) atoms. The molecule has 3 aromatic heterocycles. The molecule has 0 fully saturated rings. The Kier molecular flexibility index (Phi) is 3.44. The van der Waals surface area contributed by atoms with Crippen LogP contribution in [0.4, 0.5) is 0 Å². The summed E-state index contributed by atoms with van der Waals surface area (Å²) < 4.78 is 1.54. The molecule has 0 aliphatic heterocycles. The molecule has 0 radical (unpaired) electrons. The van der Waals surface area contributed by atoms with E-state index in [1.807, 2.05) is 12.3 Å². The molecule has 3 heterocycles. The summed E-state index contributed by atoms with van der Waals surface area (Å²) in [7, 11) is 0. The van der Waals surface area contributed by atoms with Gasteiger partial charge in [0.25, 0.3) is 0 Å². The van der Waals surface area contributed by atoms with Gasteiger partial charge in [0.15, 0.2) is 5.69 Å². The lowest BCUT2D eigenvalue weighted by molar-refractivity contribution is 0.0691. The maximum absolute atomic E-state index is 11.3. The van der Waals surface area contributed by atoms with E-state index in [9.17, 15) is 9.90 Å². The van der Waals surface area contributed by atoms with Crippen molar-refractivity contribution < 1.29 is 9.90 Å². The van der Waals surface area contributed by atoms with Gasteiger partial charge in [0, 0.05) is 29.0 Å². The van der Waals surface area contributed by atoms with E-state index in [1.54, 1.807) is 29.2 Å². The van der Waals surface area contributed by atoms with Gasteiger partial charge >= 0.3 is 5.97 Å². The van der Waals surface area contributed by atoms with Crippen LogP contribution in [0.1, 0.15) is 21.2 Å². The zero-order valence-electron chi connectivity index (χ0n) is 11.1. The van der Waals surface area contributed by atoms with Crippen LogP contribution in [0.15, 0.2) is 29.9 Å². The Balaban J connectivity index is 2.07. The molecule has 0 aliphatic rings. The zero-order valence-corrected chi connectivity index (χ0v) is 11.9. The first kappa shape index (κ1) is 13.4. The summed E-state index contributed by atoms with van der Waals surface area (Å²) in [4.78, 5) is 19.7. The van der Waals surface area contributed by atoms with Gasteiger partial charge in [0.2, 0.25) is 0 Å². The second-order valence-electron chi connectivity index (χ2n) is 4.37. The monoisotopic (exact) mass is 301 g/mol. The number of carboxylic acids is 1. The standard InChI is InChI=1S/C13H11N5O2S/c1-8-7-21-10(15-8)6-18-12(9-3-2-4-14-5-9)11(13(19)20)16-17-18/h2-5,7H,6H2,1H3,(H,19,20). The third-order valence-electron chi connectivity index (χ3n) is 2.82. The van der Waals surface area contributed by atoms with Crippen LogP contribution in [-0.2, 0) is 6.54 Å². The van der Waals surface area contributed by atoms with Crippen molar-refractivity contribution in [1.82, 2.24) is 25.0 Å². The second kappa shape index (κ2) is 5.41. The number of carbonyl (C=O) groups is 1. The lowest BCUT2D eigenvalue weighted by atomic mass is 10.1. The number of thiazole rings is 1. The van der Waals surface area contributed by atoms with E-state index < -0.39 is 5.97 Å². The minimum Gasteiger partial charge on any atom is -0.476 e. The Hall–Kier alpha value is -2.61. The van der Waals surface area contributed by atoms with E-state index in [1.165, 1.54) is 11.3 Å². The van der Waals surface area contributed by atoms with Crippen LogP contribution in [0.5, 0.6) is 0 Å². The molecule has 0 saturated carbocycles. The Morgan fingerprint density at radius 2 is 2.33 bits per heavy atom. The summed E-state index contributed by atoms with van der Waals surface area (Å²) in [5.41, 5.74) is 1.93. The largest absolute Gasteiger partial charge is 0.476 e. The molecule has 0 aliphatic carbocycles. The van der Waals surface area contributed by atoms with Crippen LogP contribution in [0.3, 0.4) is 0 Å². The summed E-state index contributed by atoms with van der Waals surface area (Å²) >= 11 is 1.50. The zero-order chi connectivity index (χ0) is 14.8. The Morgan fingerprint density at radius 1 is 1.48 bits per heavy atom. The molecule has 3 aromatic rings. The minimum atomic E-state index is -1.12. The van der Waals surface area contributed by atoms with E-state index in [0.29, 0.717) is 17.8 Å². The normalized spacial score (nSPS) is 10.7. The summed E-state index contributed by atoms with van der Waals surface area (Å²) in [6, 6.07) is 3.52. The molecular formula is C13H11N5O2S. The number of aryl methyl sites for hydroxylation is 1. The van der Waals surface area contributed by atoms with Crippen LogP contribution >= 0.6 is 11.3 Å². The molecular weight excluding hydrogens is 290 g/mol. The molecule has 3 rings (SSSR count). The highest BCUT2D eigenvalue weighted by molar-refractivity contribution is 7.09. The third kappa shape index (κ3) is 2.65. The van der Waals surface area contributed by atoms with Crippen molar-refractivity contribution in [2.45, 2.75) is 13.5 Å². The van der Waals surface area contributed by atoms with Crippen molar-refractivity contribution in [2.24, 2.45) is 0 Å². The van der Waals surface area contributed by atoms with Gasteiger partial charge in [0.05, 0.1) is 6.54 Å². The Labute approximate surface area is 123 Å². The van der Waals surface area contributed by atoms with Crippen LogP contribution in [0, 0.1) is 6.92 Å². The quantitative estimate of drug-likeness (QED) is 0.790. The van der Waals surface area contributed by atoms with E-state index >= 15 is 0 Å². The predicted octanol–water partition coefficient (Wildman–Crippen LogP) is 1.85. The number of hydrogen-bond donors (Lipinski definition) is 1. The van der Waals surface area contributed by atoms with Crippen molar-refractivity contribution in [1.29, 1.82) is 0 Å². The van der Waals surface area contributed by atoms with Gasteiger partial charge in [-0.25, -0.2) is 14.5 Å². The number of aromatic carboxylic acids is 1. The topological polar surface area (TPSA) is 93.8 Å². The minimum absolute atomic E-state index is 0.0868. The summed E-state index contributed by atoms with van der Waals surface area (Å²) in [6.45, 7) is 2.29. The van der Waals surface area contributed by atoms with E-state index in [0.717, 1.165) is 10.7 Å². The van der Waals surface area contributed by atoms with E-state index in [4.69, 9.17) is 0 Å². The van der Waals surface area contributed by atoms with Gasteiger partial charge in [-0.05, 0) is 19.1 Å². The van der Waals surface area contributed by atoms with Crippen molar-refractivity contribution in [3.05, 3.63) is 46.3 Å². The summed E-state index contributed by atoms with van der Waals surface area (Å²) in [5.74, 6) is -1.12. The number of hydrogen-bond acceptors (Lipinski definition) is 6. The molecule has 0 saturated heterocycles. The number of rotatable bonds is 4. The SMILES string of the molecule is Cc1csc(Cn2nnc(C(=O)O)c2-c2cccnc2)n1. The molecule has 0 spiro atoms. The average Bonchev–Trinajstić information content (AvgIpc) is 3.07. The van der Waals surface area contributed by atoms with Gasteiger partial charge in [-0.3, -0.25) is 4.98 Å². The first-order valence-corrected chi connectivity index (χ1v) is 7.01. The summed E-state index contributed by atoms with van der Waals surface area (Å²) in [5, 5.41) is 19.7. The van der Waals surface area contributed by atoms with E-state index in [2.05, 4.69) is 20.3 Å². The third-order valence-corrected chi connectivity index (χ3v) is 3.78. The fourth-order valence-electron chi connectivity index (χ4n) is 1.96. The lowest BCUT2D eigenvalue weighted by Crippen LogP contribution is -2.06. The lowest BCUT2D eigenvalue weighted by Gasteiger charge is -2.05. The van der Waals surface area contributed by atoms with Gasteiger partial charge in [0.1, 0.15) is 10.7 Å². The van der Waals surface area contributed by atoms with Crippen molar-refractivity contribution in [3.63, 3.8) is 0 Å². The van der Waals surface area contributed by atoms with Crippen LogP contribution in [-0.4, -0.2) is 36.0 Å². The predicted molar refractivity (Wildman–Crippen MR) is 76.2 cm³/mol.